The van der Waals surface area contributed by atoms with Gasteiger partial charge in [-0.1, -0.05) is 36.4 Å². The van der Waals surface area contributed by atoms with Crippen molar-refractivity contribution in [2.75, 3.05) is 6.61 Å². The van der Waals surface area contributed by atoms with Gasteiger partial charge in [0.25, 0.3) is 0 Å². The Kier molecular flexibility index (Phi) is 5.18. The Morgan fingerprint density at radius 1 is 1.19 bits per heavy atom. The Bertz CT molecular complexity index is 677. The molecule has 2 rings (SSSR count). The number of aryl methyl sites for hydroxylation is 2. The van der Waals surface area contributed by atoms with Gasteiger partial charge in [0.1, 0.15) is 12.4 Å². The van der Waals surface area contributed by atoms with Gasteiger partial charge in [-0.25, -0.2) is 0 Å². The van der Waals surface area contributed by atoms with Crippen LogP contribution in [0.1, 0.15) is 16.7 Å². The van der Waals surface area contributed by atoms with E-state index in [1.807, 2.05) is 19.1 Å². The lowest BCUT2D eigenvalue weighted by Crippen LogP contribution is -1.97. The molecule has 0 saturated heterocycles. The predicted octanol–water partition coefficient (Wildman–Crippen LogP) is 5.27. The molecule has 2 aromatic carbocycles. The second-order valence-corrected chi connectivity index (χ2v) is 5.27. The number of nitrogens with zero attached hydrogens (tertiary/aromatic N) is 1. The van der Waals surface area contributed by atoms with E-state index in [9.17, 15) is 0 Å². The molecule has 0 radical (unpaired) electrons. The van der Waals surface area contributed by atoms with E-state index >= 15 is 0 Å². The maximum Gasteiger partial charge on any atom is 0.128 e. The number of ether oxygens (including phenoxy) is 1. The Morgan fingerprint density at radius 2 is 2.00 bits per heavy atom. The number of benzene rings is 2. The van der Waals surface area contributed by atoms with Crippen molar-refractivity contribution in [3.05, 3.63) is 70.8 Å². The van der Waals surface area contributed by atoms with Crippen molar-refractivity contribution < 1.29 is 4.74 Å². The van der Waals surface area contributed by atoms with Crippen LogP contribution in [-0.2, 0) is 0 Å². The van der Waals surface area contributed by atoms with Crippen LogP contribution < -0.4 is 4.74 Å². The maximum atomic E-state index is 6.05. The van der Waals surface area contributed by atoms with E-state index in [0.29, 0.717) is 11.6 Å². The van der Waals surface area contributed by atoms with Crippen molar-refractivity contribution in [2.45, 2.75) is 13.8 Å². The molecule has 0 amide bonds. The molecular formula is C18H18ClNO. The lowest BCUT2D eigenvalue weighted by Gasteiger charge is -2.07. The fourth-order valence-corrected chi connectivity index (χ4v) is 2.08. The number of hydrogen-bond donors (Lipinski definition) is 0. The largest absolute Gasteiger partial charge is 0.489 e. The van der Waals surface area contributed by atoms with E-state index in [1.165, 1.54) is 5.56 Å². The quantitative estimate of drug-likeness (QED) is 0.544. The van der Waals surface area contributed by atoms with E-state index in [2.05, 4.69) is 36.7 Å². The van der Waals surface area contributed by atoms with E-state index in [0.717, 1.165) is 22.6 Å². The molecule has 0 aliphatic rings. The molecule has 0 aromatic heterocycles. The first-order chi connectivity index (χ1) is 10.1. The van der Waals surface area contributed by atoms with E-state index in [4.69, 9.17) is 16.3 Å². The van der Waals surface area contributed by atoms with Gasteiger partial charge >= 0.3 is 0 Å². The second-order valence-electron chi connectivity index (χ2n) is 4.83. The van der Waals surface area contributed by atoms with Crippen molar-refractivity contribution in [3.63, 3.8) is 0 Å². The molecule has 3 heteroatoms. The zero-order valence-corrected chi connectivity index (χ0v) is 13.0. The summed E-state index contributed by atoms with van der Waals surface area (Å²) in [7, 11) is 0. The normalized spacial score (nSPS) is 10.8. The summed E-state index contributed by atoms with van der Waals surface area (Å²) < 4.78 is 5.62. The van der Waals surface area contributed by atoms with Gasteiger partial charge in [-0.2, -0.15) is 0 Å². The Labute approximate surface area is 130 Å². The topological polar surface area (TPSA) is 21.6 Å². The molecule has 0 unspecified atom stereocenters. The highest BCUT2D eigenvalue weighted by Crippen LogP contribution is 2.24. The van der Waals surface area contributed by atoms with Crippen LogP contribution in [-0.4, -0.2) is 12.8 Å². The van der Waals surface area contributed by atoms with E-state index < -0.39 is 0 Å². The molecule has 0 heterocycles. The van der Waals surface area contributed by atoms with Gasteiger partial charge in [-0.15, -0.1) is 0 Å². The van der Waals surface area contributed by atoms with Crippen molar-refractivity contribution in [1.29, 1.82) is 0 Å². The second kappa shape index (κ2) is 7.09. The minimum atomic E-state index is 0.450. The Balaban J connectivity index is 2.33. The van der Waals surface area contributed by atoms with Crippen LogP contribution in [0.25, 0.3) is 0 Å². The van der Waals surface area contributed by atoms with Crippen molar-refractivity contribution in [3.8, 4) is 5.75 Å². The van der Waals surface area contributed by atoms with Crippen molar-refractivity contribution in [1.82, 2.24) is 0 Å². The fourth-order valence-electron chi connectivity index (χ4n) is 1.90. The molecule has 0 saturated carbocycles. The van der Waals surface area contributed by atoms with Gasteiger partial charge in [0.05, 0.1) is 5.69 Å². The summed E-state index contributed by atoms with van der Waals surface area (Å²) in [6.45, 7) is 8.20. The van der Waals surface area contributed by atoms with Gasteiger partial charge in [-0.05, 0) is 49.2 Å². The molecule has 0 N–H and O–H groups in total. The fraction of sp³-hybridized carbons (Fsp3) is 0.167. The van der Waals surface area contributed by atoms with Crippen molar-refractivity contribution >= 4 is 23.5 Å². The number of hydrogen-bond acceptors (Lipinski definition) is 2. The molecule has 0 aliphatic carbocycles. The summed E-state index contributed by atoms with van der Waals surface area (Å²) in [5.74, 6) is 0.744. The van der Waals surface area contributed by atoms with Crippen LogP contribution in [0.3, 0.4) is 0 Å². The molecule has 0 aliphatic heterocycles. The average Bonchev–Trinajstić information content (AvgIpc) is 2.47. The first-order valence-electron chi connectivity index (χ1n) is 6.74. The minimum Gasteiger partial charge on any atom is -0.489 e. The molecule has 108 valence electrons. The smallest absolute Gasteiger partial charge is 0.128 e. The number of rotatable bonds is 5. The summed E-state index contributed by atoms with van der Waals surface area (Å²) in [6, 6.07) is 11.7. The van der Waals surface area contributed by atoms with Gasteiger partial charge in [-0.3, -0.25) is 4.99 Å². The molecule has 2 aromatic rings. The van der Waals surface area contributed by atoms with Crippen LogP contribution in [0.15, 0.2) is 54.0 Å². The maximum absolute atomic E-state index is 6.05. The SMILES string of the molecule is C=CCOc1ccc(Cl)cc1C=Nc1cc(C)ccc1C. The molecular weight excluding hydrogens is 282 g/mol. The average molecular weight is 300 g/mol. The predicted molar refractivity (Wildman–Crippen MR) is 90.3 cm³/mol. The van der Waals surface area contributed by atoms with Crippen LogP contribution in [0.4, 0.5) is 5.69 Å². The van der Waals surface area contributed by atoms with Gasteiger partial charge in [0.15, 0.2) is 0 Å². The lowest BCUT2D eigenvalue weighted by molar-refractivity contribution is 0.363. The third kappa shape index (κ3) is 4.20. The first-order valence-corrected chi connectivity index (χ1v) is 7.12. The third-order valence-corrected chi connectivity index (χ3v) is 3.27. The number of aliphatic imine (C=N–C) groups is 1. The standard InChI is InChI=1S/C18H18ClNO/c1-4-9-21-18-8-7-16(19)11-15(18)12-20-17-10-13(2)5-6-14(17)3/h4-8,10-12H,1,9H2,2-3H3. The van der Waals surface area contributed by atoms with Crippen LogP contribution >= 0.6 is 11.6 Å². The number of halogens is 1. The zero-order valence-electron chi connectivity index (χ0n) is 12.3. The Hall–Kier alpha value is -2.06. The lowest BCUT2D eigenvalue weighted by atomic mass is 10.1. The van der Waals surface area contributed by atoms with Crippen LogP contribution in [0.5, 0.6) is 5.75 Å². The molecule has 0 bridgehead atoms. The van der Waals surface area contributed by atoms with Gasteiger partial charge in [0.2, 0.25) is 0 Å². The summed E-state index contributed by atoms with van der Waals surface area (Å²) in [4.78, 5) is 4.56. The molecule has 21 heavy (non-hydrogen) atoms. The highest BCUT2D eigenvalue weighted by atomic mass is 35.5. The summed E-state index contributed by atoms with van der Waals surface area (Å²) in [5.41, 5.74) is 4.12. The highest BCUT2D eigenvalue weighted by molar-refractivity contribution is 6.30. The highest BCUT2D eigenvalue weighted by Gasteiger charge is 2.03. The first kappa shape index (κ1) is 15.3. The van der Waals surface area contributed by atoms with Crippen LogP contribution in [0, 0.1) is 13.8 Å². The minimum absolute atomic E-state index is 0.450. The summed E-state index contributed by atoms with van der Waals surface area (Å²) in [6.07, 6.45) is 3.49. The summed E-state index contributed by atoms with van der Waals surface area (Å²) in [5, 5.41) is 0.656. The monoisotopic (exact) mass is 299 g/mol. The molecule has 0 fully saturated rings. The zero-order chi connectivity index (χ0) is 15.2. The molecule has 2 nitrogen and oxygen atoms in total. The van der Waals surface area contributed by atoms with E-state index in [1.54, 1.807) is 18.4 Å². The Morgan fingerprint density at radius 3 is 2.76 bits per heavy atom. The van der Waals surface area contributed by atoms with Gasteiger partial charge < -0.3 is 4.74 Å². The third-order valence-electron chi connectivity index (χ3n) is 3.04. The van der Waals surface area contributed by atoms with Crippen molar-refractivity contribution in [2.24, 2.45) is 4.99 Å². The van der Waals surface area contributed by atoms with Crippen LogP contribution in [0.2, 0.25) is 5.02 Å². The summed E-state index contributed by atoms with van der Waals surface area (Å²) >= 11 is 6.05. The van der Waals surface area contributed by atoms with E-state index in [-0.39, 0.29) is 0 Å². The van der Waals surface area contributed by atoms with Gasteiger partial charge in [0, 0.05) is 16.8 Å². The molecule has 0 spiro atoms. The molecule has 0 atom stereocenters.